The van der Waals surface area contributed by atoms with E-state index in [-0.39, 0.29) is 11.0 Å². The van der Waals surface area contributed by atoms with E-state index in [1.54, 1.807) is 0 Å². The first kappa shape index (κ1) is 16.6. The van der Waals surface area contributed by atoms with Crippen molar-refractivity contribution >= 4 is 15.9 Å². The van der Waals surface area contributed by atoms with Gasteiger partial charge in [0.1, 0.15) is 0 Å². The van der Waals surface area contributed by atoms with E-state index in [9.17, 15) is 0 Å². The van der Waals surface area contributed by atoms with Crippen LogP contribution in [0, 0.1) is 5.41 Å². The van der Waals surface area contributed by atoms with E-state index in [0.717, 1.165) is 17.4 Å². The van der Waals surface area contributed by atoms with Crippen LogP contribution in [-0.2, 0) is 6.42 Å². The smallest absolute Gasteiger partial charge is 0.0410 e. The van der Waals surface area contributed by atoms with Crippen molar-refractivity contribution in [2.75, 3.05) is 6.54 Å². The molecule has 1 aromatic heterocycles. The number of pyridine rings is 1. The van der Waals surface area contributed by atoms with Gasteiger partial charge in [-0.2, -0.15) is 0 Å². The van der Waals surface area contributed by atoms with Crippen LogP contribution in [-0.4, -0.2) is 17.1 Å². The van der Waals surface area contributed by atoms with Gasteiger partial charge in [0.05, 0.1) is 0 Å². The van der Waals surface area contributed by atoms with Crippen LogP contribution in [0.3, 0.4) is 0 Å². The molecule has 3 heteroatoms. The minimum Gasteiger partial charge on any atom is -0.312 e. The molecule has 0 spiro atoms. The molecule has 0 bridgehead atoms. The second kappa shape index (κ2) is 6.85. The Kier molecular flexibility index (Phi) is 6.00. The molecule has 0 aliphatic rings. The monoisotopic (exact) mass is 326 g/mol. The number of nitrogens with zero attached hydrogens (tertiary/aromatic N) is 1. The zero-order valence-corrected chi connectivity index (χ0v) is 14.5. The van der Waals surface area contributed by atoms with E-state index < -0.39 is 0 Å². The highest BCUT2D eigenvalue weighted by atomic mass is 79.9. The fourth-order valence-electron chi connectivity index (χ4n) is 2.37. The number of rotatable bonds is 6. The Labute approximate surface area is 126 Å². The maximum absolute atomic E-state index is 4.27. The van der Waals surface area contributed by atoms with Crippen molar-refractivity contribution in [1.29, 1.82) is 0 Å². The van der Waals surface area contributed by atoms with Crippen molar-refractivity contribution in [2.24, 2.45) is 5.41 Å². The summed E-state index contributed by atoms with van der Waals surface area (Å²) in [7, 11) is 0. The van der Waals surface area contributed by atoms with Gasteiger partial charge in [0, 0.05) is 29.0 Å². The topological polar surface area (TPSA) is 24.9 Å². The second-order valence-corrected chi connectivity index (χ2v) is 7.77. The lowest BCUT2D eigenvalue weighted by Crippen LogP contribution is -2.43. The normalized spacial score (nSPS) is 15.3. The van der Waals surface area contributed by atoms with Gasteiger partial charge in [-0.15, -0.1) is 0 Å². The fourth-order valence-corrected chi connectivity index (χ4v) is 2.78. The summed E-state index contributed by atoms with van der Waals surface area (Å²) >= 11 is 3.50. The molecule has 0 saturated carbocycles. The van der Waals surface area contributed by atoms with Crippen LogP contribution in [0.15, 0.2) is 22.9 Å². The predicted molar refractivity (Wildman–Crippen MR) is 86.4 cm³/mol. The third kappa shape index (κ3) is 6.53. The van der Waals surface area contributed by atoms with Crippen molar-refractivity contribution in [1.82, 2.24) is 10.3 Å². The van der Waals surface area contributed by atoms with Crippen LogP contribution in [0.25, 0.3) is 0 Å². The third-order valence-corrected chi connectivity index (χ3v) is 3.73. The zero-order chi connectivity index (χ0) is 14.5. The van der Waals surface area contributed by atoms with Gasteiger partial charge < -0.3 is 5.32 Å². The molecular weight excluding hydrogens is 300 g/mol. The van der Waals surface area contributed by atoms with Crippen LogP contribution in [0.1, 0.15) is 53.0 Å². The van der Waals surface area contributed by atoms with E-state index >= 15 is 0 Å². The molecule has 0 aliphatic carbocycles. The number of aromatic nitrogens is 1. The summed E-state index contributed by atoms with van der Waals surface area (Å²) in [5.74, 6) is 0. The molecule has 1 rings (SSSR count). The Hall–Kier alpha value is -0.410. The second-order valence-electron chi connectivity index (χ2n) is 6.85. The van der Waals surface area contributed by atoms with E-state index in [1.165, 1.54) is 18.4 Å². The number of hydrogen-bond acceptors (Lipinski definition) is 2. The maximum Gasteiger partial charge on any atom is 0.0410 e. The van der Waals surface area contributed by atoms with Gasteiger partial charge >= 0.3 is 0 Å². The molecule has 1 N–H and O–H groups in total. The van der Waals surface area contributed by atoms with Gasteiger partial charge in [0.15, 0.2) is 0 Å². The lowest BCUT2D eigenvalue weighted by molar-refractivity contribution is 0.243. The number of halogens is 1. The average Bonchev–Trinajstić information content (AvgIpc) is 2.26. The van der Waals surface area contributed by atoms with Gasteiger partial charge in [0.25, 0.3) is 0 Å². The van der Waals surface area contributed by atoms with Crippen molar-refractivity contribution in [2.45, 2.75) is 59.4 Å². The standard InChI is InChI=1S/C16H27BrN2/c1-6-7-16(5,12-19-15(2,3)4)9-13-8-14(17)11-18-10-13/h8,10-11,19H,6-7,9,12H2,1-5H3. The van der Waals surface area contributed by atoms with Crippen molar-refractivity contribution in [3.8, 4) is 0 Å². The quantitative estimate of drug-likeness (QED) is 0.827. The summed E-state index contributed by atoms with van der Waals surface area (Å²) in [6.45, 7) is 12.3. The van der Waals surface area contributed by atoms with E-state index in [4.69, 9.17) is 0 Å². The molecule has 0 radical (unpaired) electrons. The molecular formula is C16H27BrN2. The molecule has 1 unspecified atom stereocenters. The lowest BCUT2D eigenvalue weighted by Gasteiger charge is -2.34. The molecule has 0 aromatic carbocycles. The summed E-state index contributed by atoms with van der Waals surface area (Å²) in [6, 6.07) is 2.18. The van der Waals surface area contributed by atoms with Gasteiger partial charge in [0.2, 0.25) is 0 Å². The van der Waals surface area contributed by atoms with Crippen LogP contribution in [0.2, 0.25) is 0 Å². The Morgan fingerprint density at radius 2 is 1.89 bits per heavy atom. The lowest BCUT2D eigenvalue weighted by atomic mass is 9.79. The first-order valence-electron chi connectivity index (χ1n) is 7.08. The maximum atomic E-state index is 4.27. The molecule has 0 fully saturated rings. The summed E-state index contributed by atoms with van der Waals surface area (Å²) in [4.78, 5) is 4.27. The van der Waals surface area contributed by atoms with E-state index in [2.05, 4.69) is 66.9 Å². The van der Waals surface area contributed by atoms with Crippen LogP contribution < -0.4 is 5.32 Å². The van der Waals surface area contributed by atoms with Gasteiger partial charge in [-0.1, -0.05) is 20.3 Å². The van der Waals surface area contributed by atoms with Crippen LogP contribution in [0.4, 0.5) is 0 Å². The number of nitrogens with one attached hydrogen (secondary N) is 1. The van der Waals surface area contributed by atoms with Crippen LogP contribution >= 0.6 is 15.9 Å². The molecule has 1 aromatic rings. The SMILES string of the molecule is CCCC(C)(CNC(C)(C)C)Cc1cncc(Br)c1. The molecule has 1 heterocycles. The molecule has 19 heavy (non-hydrogen) atoms. The summed E-state index contributed by atoms with van der Waals surface area (Å²) in [5, 5.41) is 3.65. The predicted octanol–water partition coefficient (Wildman–Crippen LogP) is 4.58. The van der Waals surface area contributed by atoms with Crippen molar-refractivity contribution < 1.29 is 0 Å². The highest BCUT2D eigenvalue weighted by Crippen LogP contribution is 2.29. The molecule has 1 atom stereocenters. The highest BCUT2D eigenvalue weighted by molar-refractivity contribution is 9.10. The van der Waals surface area contributed by atoms with E-state index in [0.29, 0.717) is 0 Å². The molecule has 2 nitrogen and oxygen atoms in total. The summed E-state index contributed by atoms with van der Waals surface area (Å²) in [5.41, 5.74) is 1.76. The van der Waals surface area contributed by atoms with E-state index in [1.807, 2.05) is 12.4 Å². The summed E-state index contributed by atoms with van der Waals surface area (Å²) in [6.07, 6.45) is 7.33. The minimum atomic E-state index is 0.171. The summed E-state index contributed by atoms with van der Waals surface area (Å²) < 4.78 is 1.06. The van der Waals surface area contributed by atoms with Gasteiger partial charge in [-0.3, -0.25) is 4.98 Å². The largest absolute Gasteiger partial charge is 0.312 e. The fraction of sp³-hybridized carbons (Fsp3) is 0.688. The number of hydrogen-bond donors (Lipinski definition) is 1. The third-order valence-electron chi connectivity index (χ3n) is 3.29. The van der Waals surface area contributed by atoms with Gasteiger partial charge in [-0.25, -0.2) is 0 Å². The van der Waals surface area contributed by atoms with Crippen molar-refractivity contribution in [3.05, 3.63) is 28.5 Å². The molecule has 0 saturated heterocycles. The van der Waals surface area contributed by atoms with Gasteiger partial charge in [-0.05, 0) is 66.6 Å². The minimum absolute atomic E-state index is 0.171. The highest BCUT2D eigenvalue weighted by Gasteiger charge is 2.25. The first-order valence-corrected chi connectivity index (χ1v) is 7.88. The average molecular weight is 327 g/mol. The molecule has 0 amide bonds. The van der Waals surface area contributed by atoms with Crippen LogP contribution in [0.5, 0.6) is 0 Å². The zero-order valence-electron chi connectivity index (χ0n) is 12.9. The Bertz CT molecular complexity index is 398. The Balaban J connectivity index is 2.75. The Morgan fingerprint density at radius 1 is 1.21 bits per heavy atom. The molecule has 0 aliphatic heterocycles. The Morgan fingerprint density at radius 3 is 2.42 bits per heavy atom. The first-order chi connectivity index (χ1) is 8.74. The van der Waals surface area contributed by atoms with Crippen molar-refractivity contribution in [3.63, 3.8) is 0 Å². The molecule has 108 valence electrons.